The highest BCUT2D eigenvalue weighted by Crippen LogP contribution is 2.10. The number of hydrogen-bond acceptors (Lipinski definition) is 3. The Morgan fingerprint density at radius 1 is 1.10 bits per heavy atom. The van der Waals surface area contributed by atoms with E-state index in [4.69, 9.17) is 0 Å². The summed E-state index contributed by atoms with van der Waals surface area (Å²) in [5.41, 5.74) is 0. The highest BCUT2D eigenvalue weighted by molar-refractivity contribution is 5.85. The molecule has 2 saturated heterocycles. The zero-order valence-corrected chi connectivity index (χ0v) is 14.6. The molecule has 2 N–H and O–H groups in total. The van der Waals surface area contributed by atoms with Crippen molar-refractivity contribution in [1.82, 2.24) is 15.5 Å². The molecule has 0 aromatic carbocycles. The Morgan fingerprint density at radius 2 is 1.81 bits per heavy atom. The molecule has 2 fully saturated rings. The molecule has 126 valence electrons. The Kier molecular flexibility index (Phi) is 12.5. The molecule has 2 heterocycles. The highest BCUT2D eigenvalue weighted by Gasteiger charge is 2.17. The number of halogens is 2. The number of rotatable bonds is 6. The van der Waals surface area contributed by atoms with Crippen LogP contribution in [0.5, 0.6) is 0 Å². The van der Waals surface area contributed by atoms with Gasteiger partial charge in [-0.05, 0) is 58.3 Å². The van der Waals surface area contributed by atoms with Crippen LogP contribution >= 0.6 is 24.8 Å². The maximum atomic E-state index is 11.7. The second-order valence-corrected chi connectivity index (χ2v) is 5.96. The van der Waals surface area contributed by atoms with Crippen molar-refractivity contribution in [2.45, 2.75) is 57.4 Å². The standard InChI is InChI=1S/C15H29N3O.2ClH/c19-15(13-14-7-5-8-16-14)17-9-6-12-18-10-3-1-2-4-11-18;;/h14,16H,1-13H2,(H,17,19);2*1H. The summed E-state index contributed by atoms with van der Waals surface area (Å²) in [4.78, 5) is 14.3. The molecule has 0 saturated carbocycles. The third-order valence-electron chi connectivity index (χ3n) is 4.27. The molecule has 0 radical (unpaired) electrons. The van der Waals surface area contributed by atoms with Crippen molar-refractivity contribution in [1.29, 1.82) is 0 Å². The fraction of sp³-hybridized carbons (Fsp3) is 0.933. The predicted octanol–water partition coefficient (Wildman–Crippen LogP) is 2.35. The summed E-state index contributed by atoms with van der Waals surface area (Å²) >= 11 is 0. The van der Waals surface area contributed by atoms with Gasteiger partial charge in [-0.25, -0.2) is 0 Å². The molecule has 6 heteroatoms. The van der Waals surface area contributed by atoms with Gasteiger partial charge in [-0.2, -0.15) is 0 Å². The highest BCUT2D eigenvalue weighted by atomic mass is 35.5. The van der Waals surface area contributed by atoms with E-state index in [9.17, 15) is 4.79 Å². The minimum atomic E-state index is 0. The number of hydrogen-bond donors (Lipinski definition) is 2. The largest absolute Gasteiger partial charge is 0.356 e. The molecular formula is C15H31Cl2N3O. The molecule has 4 nitrogen and oxygen atoms in total. The summed E-state index contributed by atoms with van der Waals surface area (Å²) in [6, 6.07) is 0.422. The van der Waals surface area contributed by atoms with Gasteiger partial charge < -0.3 is 15.5 Å². The molecule has 1 atom stereocenters. The molecule has 0 bridgehead atoms. The summed E-state index contributed by atoms with van der Waals surface area (Å²) in [5, 5.41) is 6.43. The van der Waals surface area contributed by atoms with Crippen LogP contribution in [-0.4, -0.2) is 49.6 Å². The van der Waals surface area contributed by atoms with E-state index in [1.165, 1.54) is 45.2 Å². The van der Waals surface area contributed by atoms with E-state index in [1.807, 2.05) is 0 Å². The predicted molar refractivity (Wildman–Crippen MR) is 92.7 cm³/mol. The van der Waals surface area contributed by atoms with E-state index in [0.29, 0.717) is 12.5 Å². The topological polar surface area (TPSA) is 44.4 Å². The quantitative estimate of drug-likeness (QED) is 0.730. The number of carbonyl (C=O) groups is 1. The van der Waals surface area contributed by atoms with Crippen LogP contribution in [0.25, 0.3) is 0 Å². The van der Waals surface area contributed by atoms with Gasteiger partial charge in [0.05, 0.1) is 0 Å². The van der Waals surface area contributed by atoms with Crippen LogP contribution in [0.2, 0.25) is 0 Å². The smallest absolute Gasteiger partial charge is 0.221 e. The van der Waals surface area contributed by atoms with Gasteiger partial charge in [0.15, 0.2) is 0 Å². The molecule has 0 aromatic rings. The van der Waals surface area contributed by atoms with Crippen molar-refractivity contribution in [2.24, 2.45) is 0 Å². The van der Waals surface area contributed by atoms with Crippen molar-refractivity contribution in [3.63, 3.8) is 0 Å². The molecule has 2 rings (SSSR count). The SMILES string of the molecule is Cl.Cl.O=C(CC1CCCN1)NCCCN1CCCCCC1. The van der Waals surface area contributed by atoms with Crippen LogP contribution in [0.1, 0.15) is 51.4 Å². The average molecular weight is 340 g/mol. The van der Waals surface area contributed by atoms with Gasteiger partial charge in [0.2, 0.25) is 5.91 Å². The number of likely N-dealkylation sites (tertiary alicyclic amines) is 1. The lowest BCUT2D eigenvalue weighted by Gasteiger charge is -2.19. The molecule has 1 unspecified atom stereocenters. The van der Waals surface area contributed by atoms with E-state index in [2.05, 4.69) is 15.5 Å². The van der Waals surface area contributed by atoms with Crippen LogP contribution in [0, 0.1) is 0 Å². The van der Waals surface area contributed by atoms with Gasteiger partial charge in [0, 0.05) is 19.0 Å². The van der Waals surface area contributed by atoms with Gasteiger partial charge in [-0.1, -0.05) is 12.8 Å². The van der Waals surface area contributed by atoms with Crippen molar-refractivity contribution in [3.05, 3.63) is 0 Å². The van der Waals surface area contributed by atoms with Gasteiger partial charge in [-0.3, -0.25) is 4.79 Å². The van der Waals surface area contributed by atoms with Gasteiger partial charge in [0.1, 0.15) is 0 Å². The van der Waals surface area contributed by atoms with E-state index in [0.717, 1.165) is 32.5 Å². The maximum Gasteiger partial charge on any atom is 0.221 e. The Bertz CT molecular complexity index is 266. The van der Waals surface area contributed by atoms with Gasteiger partial charge in [-0.15, -0.1) is 24.8 Å². The lowest BCUT2D eigenvalue weighted by atomic mass is 10.1. The molecule has 0 aliphatic carbocycles. The van der Waals surface area contributed by atoms with Crippen LogP contribution in [0.3, 0.4) is 0 Å². The lowest BCUT2D eigenvalue weighted by Crippen LogP contribution is -2.34. The fourth-order valence-electron chi connectivity index (χ4n) is 3.12. The summed E-state index contributed by atoms with van der Waals surface area (Å²) in [7, 11) is 0. The molecule has 2 aliphatic rings. The normalized spacial score (nSPS) is 22.8. The first-order valence-electron chi connectivity index (χ1n) is 8.07. The van der Waals surface area contributed by atoms with Crippen LogP contribution in [-0.2, 0) is 4.79 Å². The van der Waals surface area contributed by atoms with E-state index in [1.54, 1.807) is 0 Å². The maximum absolute atomic E-state index is 11.7. The third-order valence-corrected chi connectivity index (χ3v) is 4.27. The van der Waals surface area contributed by atoms with E-state index < -0.39 is 0 Å². The first kappa shape index (κ1) is 21.0. The van der Waals surface area contributed by atoms with Crippen molar-refractivity contribution in [3.8, 4) is 0 Å². The van der Waals surface area contributed by atoms with Crippen molar-refractivity contribution >= 4 is 30.7 Å². The first-order valence-corrected chi connectivity index (χ1v) is 8.07. The fourth-order valence-corrected chi connectivity index (χ4v) is 3.12. The third kappa shape index (κ3) is 8.87. The molecule has 0 aromatic heterocycles. The average Bonchev–Trinajstić information content (AvgIpc) is 2.76. The number of carbonyl (C=O) groups excluding carboxylic acids is 1. The van der Waals surface area contributed by atoms with Gasteiger partial charge >= 0.3 is 0 Å². The summed E-state index contributed by atoms with van der Waals surface area (Å²) in [6.07, 6.45) is 9.59. The molecular weight excluding hydrogens is 309 g/mol. The molecule has 1 amide bonds. The Morgan fingerprint density at radius 3 is 2.43 bits per heavy atom. The minimum Gasteiger partial charge on any atom is -0.356 e. The second kappa shape index (κ2) is 12.5. The van der Waals surface area contributed by atoms with Crippen LogP contribution < -0.4 is 10.6 Å². The van der Waals surface area contributed by atoms with Crippen molar-refractivity contribution < 1.29 is 4.79 Å². The van der Waals surface area contributed by atoms with Crippen LogP contribution in [0.15, 0.2) is 0 Å². The Balaban J connectivity index is 0.00000200. The van der Waals surface area contributed by atoms with Crippen molar-refractivity contribution in [2.75, 3.05) is 32.7 Å². The minimum absolute atomic E-state index is 0. The van der Waals surface area contributed by atoms with E-state index >= 15 is 0 Å². The lowest BCUT2D eigenvalue weighted by molar-refractivity contribution is -0.121. The zero-order chi connectivity index (χ0) is 13.3. The molecule has 2 aliphatic heterocycles. The monoisotopic (exact) mass is 339 g/mol. The van der Waals surface area contributed by atoms with Crippen LogP contribution in [0.4, 0.5) is 0 Å². The zero-order valence-electron chi connectivity index (χ0n) is 12.9. The second-order valence-electron chi connectivity index (χ2n) is 5.96. The number of nitrogens with zero attached hydrogens (tertiary/aromatic N) is 1. The molecule has 21 heavy (non-hydrogen) atoms. The molecule has 0 spiro atoms. The number of amides is 1. The van der Waals surface area contributed by atoms with Gasteiger partial charge in [0.25, 0.3) is 0 Å². The number of nitrogens with one attached hydrogen (secondary N) is 2. The summed E-state index contributed by atoms with van der Waals surface area (Å²) < 4.78 is 0. The summed E-state index contributed by atoms with van der Waals surface area (Å²) in [6.45, 7) is 5.55. The Labute approximate surface area is 141 Å². The Hall–Kier alpha value is -0.0300. The summed E-state index contributed by atoms with van der Waals surface area (Å²) in [5.74, 6) is 0.218. The van der Waals surface area contributed by atoms with E-state index in [-0.39, 0.29) is 30.7 Å². The first-order chi connectivity index (χ1) is 9.34.